The van der Waals surface area contributed by atoms with Gasteiger partial charge in [0, 0.05) is 5.56 Å². The minimum absolute atomic E-state index is 0.313. The van der Waals surface area contributed by atoms with Crippen molar-refractivity contribution in [2.24, 2.45) is 0 Å². The normalized spacial score (nSPS) is 9.56. The summed E-state index contributed by atoms with van der Waals surface area (Å²) in [6.07, 6.45) is 3.25. The zero-order valence-corrected chi connectivity index (χ0v) is 5.39. The average molecular weight is 123 g/mol. The summed E-state index contributed by atoms with van der Waals surface area (Å²) in [6, 6.07) is 0. The molecule has 47 valence electrons. The largest absolute Gasteiger partial charge is 0.460 e. The van der Waals surface area contributed by atoms with Crippen LogP contribution in [0.2, 0.25) is 0 Å². The highest BCUT2D eigenvalue weighted by molar-refractivity contribution is 5.73. The van der Waals surface area contributed by atoms with Crippen LogP contribution < -0.4 is 0 Å². The summed E-state index contributed by atoms with van der Waals surface area (Å²) in [5.41, 5.74) is 1.87. The van der Waals surface area contributed by atoms with Crippen LogP contribution in [-0.4, -0.2) is 6.29 Å². The molecule has 0 saturated carbocycles. The molecule has 0 atom stereocenters. The molecule has 2 heteroatoms. The van der Waals surface area contributed by atoms with Crippen molar-refractivity contribution in [1.82, 2.24) is 0 Å². The Labute approximate surface area is 53.5 Å². The van der Waals surface area contributed by atoms with Gasteiger partial charge in [-0.25, -0.2) is 0 Å². The van der Waals surface area contributed by atoms with Gasteiger partial charge < -0.3 is 4.42 Å². The van der Waals surface area contributed by atoms with Crippen LogP contribution in [-0.2, 0) is 4.79 Å². The Bertz CT molecular complexity index is 223. The lowest BCUT2D eigenvalue weighted by Gasteiger charge is -1.82. The summed E-state index contributed by atoms with van der Waals surface area (Å²) in [4.78, 5) is 10.0. The highest BCUT2D eigenvalue weighted by atomic mass is 16.3. The fraction of sp³-hybridized carbons (Fsp3) is 0.286. The maximum Gasteiger partial charge on any atom is 0.272 e. The number of hydrogen-bond donors (Lipinski definition) is 0. The lowest BCUT2D eigenvalue weighted by atomic mass is 10.2. The molecule has 0 aliphatic heterocycles. The fourth-order valence-corrected chi connectivity index (χ4v) is 0.604. The van der Waals surface area contributed by atoms with Gasteiger partial charge in [0.25, 0.3) is 6.29 Å². The minimum Gasteiger partial charge on any atom is -0.460 e. The van der Waals surface area contributed by atoms with Gasteiger partial charge in [-0.3, -0.25) is 4.79 Å². The molecule has 0 aromatic carbocycles. The van der Waals surface area contributed by atoms with Crippen LogP contribution in [0.5, 0.6) is 0 Å². The molecular weight excluding hydrogens is 116 g/mol. The van der Waals surface area contributed by atoms with Gasteiger partial charge in [-0.2, -0.15) is 0 Å². The summed E-state index contributed by atoms with van der Waals surface area (Å²) in [5, 5.41) is 0. The third-order valence-electron chi connectivity index (χ3n) is 1.38. The zero-order chi connectivity index (χ0) is 6.85. The monoisotopic (exact) mass is 123 g/mol. The molecule has 0 unspecified atom stereocenters. The summed E-state index contributed by atoms with van der Waals surface area (Å²) in [5.74, 6) is 0.313. The highest BCUT2D eigenvalue weighted by Crippen LogP contribution is 2.11. The van der Waals surface area contributed by atoms with E-state index in [2.05, 4.69) is 0 Å². The van der Waals surface area contributed by atoms with E-state index in [4.69, 9.17) is 4.42 Å². The lowest BCUT2D eigenvalue weighted by molar-refractivity contribution is 0.516. The van der Waals surface area contributed by atoms with Gasteiger partial charge in [-0.05, 0) is 19.4 Å². The molecule has 1 rings (SSSR count). The van der Waals surface area contributed by atoms with Gasteiger partial charge in [0.15, 0.2) is 5.76 Å². The van der Waals surface area contributed by atoms with Gasteiger partial charge in [0.2, 0.25) is 0 Å². The lowest BCUT2D eigenvalue weighted by Crippen LogP contribution is -1.78. The molecule has 0 N–H and O–H groups in total. The van der Waals surface area contributed by atoms with Crippen LogP contribution in [0.25, 0.3) is 0 Å². The van der Waals surface area contributed by atoms with E-state index in [-0.39, 0.29) is 0 Å². The smallest absolute Gasteiger partial charge is 0.272 e. The third kappa shape index (κ3) is 0.875. The molecule has 0 aliphatic carbocycles. The Morgan fingerprint density at radius 3 is 2.44 bits per heavy atom. The first-order valence-electron chi connectivity index (χ1n) is 2.68. The molecular formula is C7H7O2. The molecule has 0 saturated heterocycles. The maximum atomic E-state index is 10.0. The molecule has 1 aromatic rings. The topological polar surface area (TPSA) is 30.2 Å². The second-order valence-corrected chi connectivity index (χ2v) is 1.97. The van der Waals surface area contributed by atoms with E-state index in [1.165, 1.54) is 0 Å². The van der Waals surface area contributed by atoms with Gasteiger partial charge in [-0.1, -0.05) is 0 Å². The molecule has 1 aromatic heterocycles. The van der Waals surface area contributed by atoms with Crippen LogP contribution in [0, 0.1) is 13.8 Å². The fourth-order valence-electron chi connectivity index (χ4n) is 0.604. The first kappa shape index (κ1) is 6.08. The van der Waals surface area contributed by atoms with Gasteiger partial charge in [0.05, 0.1) is 6.26 Å². The standard InChI is InChI=1S/C7H7O2/c1-5-4-9-7(3-8)6(5)2/h4H,1-2H3. The Hall–Kier alpha value is -1.05. The van der Waals surface area contributed by atoms with Crippen LogP contribution >= 0.6 is 0 Å². The molecule has 9 heavy (non-hydrogen) atoms. The number of aryl methyl sites for hydroxylation is 1. The maximum absolute atomic E-state index is 10.0. The van der Waals surface area contributed by atoms with Crippen LogP contribution in [0.15, 0.2) is 10.7 Å². The molecule has 2 nitrogen and oxygen atoms in total. The molecule has 0 amide bonds. The predicted octanol–water partition coefficient (Wildman–Crippen LogP) is 1.35. The van der Waals surface area contributed by atoms with Crippen LogP contribution in [0.1, 0.15) is 16.9 Å². The Morgan fingerprint density at radius 1 is 1.56 bits per heavy atom. The van der Waals surface area contributed by atoms with Gasteiger partial charge >= 0.3 is 0 Å². The first-order valence-corrected chi connectivity index (χ1v) is 2.68. The van der Waals surface area contributed by atoms with Crippen molar-refractivity contribution in [3.8, 4) is 0 Å². The minimum atomic E-state index is 0.313. The van der Waals surface area contributed by atoms with Gasteiger partial charge in [-0.15, -0.1) is 0 Å². The van der Waals surface area contributed by atoms with E-state index in [1.54, 1.807) is 12.5 Å². The summed E-state index contributed by atoms with van der Waals surface area (Å²) in [7, 11) is 0. The van der Waals surface area contributed by atoms with E-state index >= 15 is 0 Å². The van der Waals surface area contributed by atoms with Crippen LogP contribution in [0.4, 0.5) is 0 Å². The number of hydrogen-bond acceptors (Lipinski definition) is 2. The zero-order valence-electron chi connectivity index (χ0n) is 5.39. The SMILES string of the molecule is Cc1coc([C]=O)c1C. The summed E-state index contributed by atoms with van der Waals surface area (Å²) in [6.45, 7) is 3.72. The number of rotatable bonds is 1. The van der Waals surface area contributed by atoms with E-state index < -0.39 is 0 Å². The summed E-state index contributed by atoms with van der Waals surface area (Å²) < 4.78 is 4.82. The third-order valence-corrected chi connectivity index (χ3v) is 1.38. The number of furan rings is 1. The van der Waals surface area contributed by atoms with Crippen molar-refractivity contribution in [2.75, 3.05) is 0 Å². The second-order valence-electron chi connectivity index (χ2n) is 1.97. The van der Waals surface area contributed by atoms with Crippen molar-refractivity contribution >= 4 is 6.29 Å². The average Bonchev–Trinajstić information content (AvgIpc) is 2.15. The van der Waals surface area contributed by atoms with E-state index in [9.17, 15) is 4.79 Å². The Morgan fingerprint density at radius 2 is 2.22 bits per heavy atom. The van der Waals surface area contributed by atoms with Crippen molar-refractivity contribution in [2.45, 2.75) is 13.8 Å². The van der Waals surface area contributed by atoms with E-state index in [0.717, 1.165) is 11.1 Å². The van der Waals surface area contributed by atoms with Gasteiger partial charge in [0.1, 0.15) is 0 Å². The molecule has 0 spiro atoms. The Balaban J connectivity index is 3.18. The van der Waals surface area contributed by atoms with E-state index in [0.29, 0.717) is 5.76 Å². The van der Waals surface area contributed by atoms with Crippen molar-refractivity contribution in [1.29, 1.82) is 0 Å². The quantitative estimate of drug-likeness (QED) is 0.564. The molecule has 0 fully saturated rings. The molecule has 0 bridgehead atoms. The molecule has 0 aliphatic rings. The summed E-state index contributed by atoms with van der Waals surface area (Å²) >= 11 is 0. The first-order chi connectivity index (χ1) is 4.25. The van der Waals surface area contributed by atoms with Crippen molar-refractivity contribution in [3.63, 3.8) is 0 Å². The van der Waals surface area contributed by atoms with E-state index in [1.807, 2.05) is 13.8 Å². The predicted molar refractivity (Wildman–Crippen MR) is 33.0 cm³/mol. The number of carbonyl (C=O) groups excluding carboxylic acids is 1. The van der Waals surface area contributed by atoms with Crippen LogP contribution in [0.3, 0.4) is 0 Å². The Kier molecular flexibility index (Phi) is 1.39. The van der Waals surface area contributed by atoms with Crippen molar-refractivity contribution in [3.05, 3.63) is 23.2 Å². The molecule has 1 radical (unpaired) electrons. The molecule has 1 heterocycles. The van der Waals surface area contributed by atoms with Crippen molar-refractivity contribution < 1.29 is 9.21 Å². The second kappa shape index (κ2) is 2.05. The highest BCUT2D eigenvalue weighted by Gasteiger charge is 2.03.